The maximum absolute atomic E-state index is 11.9. The third kappa shape index (κ3) is 3.99. The number of nitrogens with one attached hydrogen (secondary N) is 2. The Balaban J connectivity index is 1.81. The molecular formula is C13H16N4O2S. The summed E-state index contributed by atoms with van der Waals surface area (Å²) in [6.07, 6.45) is 1.42. The van der Waals surface area contributed by atoms with E-state index in [4.69, 9.17) is 4.74 Å². The molecule has 106 valence electrons. The molecule has 0 aliphatic carbocycles. The van der Waals surface area contributed by atoms with Gasteiger partial charge < -0.3 is 10.1 Å². The summed E-state index contributed by atoms with van der Waals surface area (Å²) >= 11 is 1.34. The molecule has 1 heterocycles. The first-order chi connectivity index (χ1) is 9.69. The molecule has 0 aliphatic heterocycles. The van der Waals surface area contributed by atoms with E-state index in [1.807, 2.05) is 31.2 Å². The average Bonchev–Trinajstić information content (AvgIpc) is 2.98. The van der Waals surface area contributed by atoms with Crippen molar-refractivity contribution >= 4 is 17.7 Å². The zero-order valence-corrected chi connectivity index (χ0v) is 12.1. The molecule has 7 heteroatoms. The summed E-state index contributed by atoms with van der Waals surface area (Å²) in [5.74, 6) is 0.761. The molecule has 20 heavy (non-hydrogen) atoms. The first-order valence-electron chi connectivity index (χ1n) is 6.11. The van der Waals surface area contributed by atoms with E-state index in [1.54, 1.807) is 7.11 Å². The number of hydrogen-bond acceptors (Lipinski definition) is 5. The maximum Gasteiger partial charge on any atom is 0.233 e. The lowest BCUT2D eigenvalue weighted by Crippen LogP contribution is -2.30. The predicted molar refractivity (Wildman–Crippen MR) is 76.5 cm³/mol. The molecule has 0 saturated heterocycles. The Labute approximate surface area is 121 Å². The number of H-pyrrole nitrogens is 1. The van der Waals surface area contributed by atoms with Crippen LogP contribution in [0.1, 0.15) is 12.5 Å². The van der Waals surface area contributed by atoms with Gasteiger partial charge >= 0.3 is 0 Å². The van der Waals surface area contributed by atoms with Crippen LogP contribution >= 0.6 is 11.8 Å². The van der Waals surface area contributed by atoms with Crippen LogP contribution in [0.15, 0.2) is 35.7 Å². The summed E-state index contributed by atoms with van der Waals surface area (Å²) in [7, 11) is 1.62. The number of carbonyl (C=O) groups is 1. The highest BCUT2D eigenvalue weighted by Gasteiger charge is 2.15. The van der Waals surface area contributed by atoms with Crippen molar-refractivity contribution in [2.24, 2.45) is 0 Å². The number of thioether (sulfide) groups is 1. The number of amides is 1. The molecule has 1 amide bonds. The van der Waals surface area contributed by atoms with Gasteiger partial charge in [0.1, 0.15) is 12.1 Å². The monoisotopic (exact) mass is 292 g/mol. The molecule has 0 fully saturated rings. The zero-order valence-electron chi connectivity index (χ0n) is 11.3. The van der Waals surface area contributed by atoms with Gasteiger partial charge in [0.25, 0.3) is 0 Å². The van der Waals surface area contributed by atoms with Crippen LogP contribution in [0.25, 0.3) is 0 Å². The second-order valence-corrected chi connectivity index (χ2v) is 5.45. The molecule has 2 rings (SSSR count). The standard InChI is InChI=1S/C13H16N4O2S/c1-9(20-13-15-8-16-17-13)12(18)14-7-10-3-5-11(19-2)6-4-10/h3-6,8-9H,7H2,1-2H3,(H,14,18)(H,15,16,17)/t9-/m0/s1. The fraction of sp³-hybridized carbons (Fsp3) is 0.308. The fourth-order valence-electron chi connectivity index (χ4n) is 1.55. The number of hydrogen-bond donors (Lipinski definition) is 2. The van der Waals surface area contributed by atoms with Crippen molar-refractivity contribution in [3.63, 3.8) is 0 Å². The fourth-order valence-corrected chi connectivity index (χ4v) is 2.29. The topological polar surface area (TPSA) is 79.9 Å². The molecule has 0 bridgehead atoms. The van der Waals surface area contributed by atoms with E-state index in [-0.39, 0.29) is 11.2 Å². The van der Waals surface area contributed by atoms with E-state index in [0.717, 1.165) is 11.3 Å². The minimum absolute atomic E-state index is 0.0396. The Hall–Kier alpha value is -2.02. The molecule has 0 unspecified atom stereocenters. The highest BCUT2D eigenvalue weighted by Crippen LogP contribution is 2.18. The van der Waals surface area contributed by atoms with Gasteiger partial charge in [0, 0.05) is 6.54 Å². The molecule has 0 radical (unpaired) electrons. The summed E-state index contributed by atoms with van der Waals surface area (Å²) in [5, 5.41) is 9.75. The lowest BCUT2D eigenvalue weighted by Gasteiger charge is -2.10. The second kappa shape index (κ2) is 6.95. The summed E-state index contributed by atoms with van der Waals surface area (Å²) in [6, 6.07) is 7.59. The van der Waals surface area contributed by atoms with Crippen molar-refractivity contribution in [3.05, 3.63) is 36.2 Å². The molecule has 1 aromatic heterocycles. The quantitative estimate of drug-likeness (QED) is 0.791. The number of aromatic amines is 1. The first-order valence-corrected chi connectivity index (χ1v) is 6.99. The highest BCUT2D eigenvalue weighted by molar-refractivity contribution is 8.00. The van der Waals surface area contributed by atoms with Crippen molar-refractivity contribution in [2.75, 3.05) is 7.11 Å². The Kier molecular flexibility index (Phi) is 5.00. The van der Waals surface area contributed by atoms with Crippen LogP contribution in [-0.4, -0.2) is 33.4 Å². The Morgan fingerprint density at radius 3 is 2.80 bits per heavy atom. The number of carbonyl (C=O) groups excluding carboxylic acids is 1. The van der Waals surface area contributed by atoms with Crippen LogP contribution in [0, 0.1) is 0 Å². The molecule has 6 nitrogen and oxygen atoms in total. The van der Waals surface area contributed by atoms with Gasteiger partial charge in [0.2, 0.25) is 5.91 Å². The zero-order chi connectivity index (χ0) is 14.4. The molecule has 1 aromatic carbocycles. The van der Waals surface area contributed by atoms with Crippen LogP contribution in [0.3, 0.4) is 0 Å². The molecule has 2 N–H and O–H groups in total. The van der Waals surface area contributed by atoms with Crippen LogP contribution in [0.5, 0.6) is 5.75 Å². The van der Waals surface area contributed by atoms with Gasteiger partial charge in [-0.3, -0.25) is 9.89 Å². The predicted octanol–water partition coefficient (Wildman–Crippen LogP) is 1.61. The molecule has 0 spiro atoms. The largest absolute Gasteiger partial charge is 0.497 e. The van der Waals surface area contributed by atoms with Crippen molar-refractivity contribution < 1.29 is 9.53 Å². The third-order valence-corrected chi connectivity index (χ3v) is 3.66. The van der Waals surface area contributed by atoms with Crippen LogP contribution < -0.4 is 10.1 Å². The minimum atomic E-state index is -0.235. The van der Waals surface area contributed by atoms with Crippen LogP contribution in [-0.2, 0) is 11.3 Å². The molecule has 0 aliphatic rings. The van der Waals surface area contributed by atoms with E-state index < -0.39 is 0 Å². The van der Waals surface area contributed by atoms with Gasteiger partial charge in [0.05, 0.1) is 12.4 Å². The van der Waals surface area contributed by atoms with Crippen LogP contribution in [0.2, 0.25) is 0 Å². The highest BCUT2D eigenvalue weighted by atomic mass is 32.2. The van der Waals surface area contributed by atoms with Crippen LogP contribution in [0.4, 0.5) is 0 Å². The number of benzene rings is 1. The van der Waals surface area contributed by atoms with Crippen molar-refractivity contribution in [1.82, 2.24) is 20.5 Å². The number of nitrogens with zero attached hydrogens (tertiary/aromatic N) is 2. The van der Waals surface area contributed by atoms with Gasteiger partial charge in [0.15, 0.2) is 5.16 Å². The lowest BCUT2D eigenvalue weighted by atomic mass is 10.2. The first kappa shape index (κ1) is 14.4. The lowest BCUT2D eigenvalue weighted by molar-refractivity contribution is -0.120. The number of rotatable bonds is 6. The van der Waals surface area contributed by atoms with Crippen molar-refractivity contribution in [3.8, 4) is 5.75 Å². The third-order valence-electron chi connectivity index (χ3n) is 2.68. The van der Waals surface area contributed by atoms with Gasteiger partial charge in [-0.25, -0.2) is 4.98 Å². The SMILES string of the molecule is COc1ccc(CNC(=O)[C@H](C)Sc2ncn[nH]2)cc1. The molecular weight excluding hydrogens is 276 g/mol. The van der Waals surface area contributed by atoms with E-state index in [1.165, 1.54) is 18.1 Å². The van der Waals surface area contributed by atoms with E-state index in [0.29, 0.717) is 11.7 Å². The van der Waals surface area contributed by atoms with Gasteiger partial charge in [-0.1, -0.05) is 23.9 Å². The second-order valence-electron chi connectivity index (χ2n) is 4.12. The summed E-state index contributed by atoms with van der Waals surface area (Å²) in [6.45, 7) is 2.32. The Morgan fingerprint density at radius 2 is 2.20 bits per heavy atom. The molecule has 2 aromatic rings. The Morgan fingerprint density at radius 1 is 1.45 bits per heavy atom. The average molecular weight is 292 g/mol. The van der Waals surface area contributed by atoms with E-state index in [9.17, 15) is 4.79 Å². The number of aromatic nitrogens is 3. The van der Waals surface area contributed by atoms with Gasteiger partial charge in [-0.05, 0) is 24.6 Å². The maximum atomic E-state index is 11.9. The smallest absolute Gasteiger partial charge is 0.233 e. The van der Waals surface area contributed by atoms with Gasteiger partial charge in [-0.2, -0.15) is 5.10 Å². The van der Waals surface area contributed by atoms with E-state index in [2.05, 4.69) is 20.5 Å². The molecule has 0 saturated carbocycles. The minimum Gasteiger partial charge on any atom is -0.497 e. The normalized spacial score (nSPS) is 11.9. The Bertz CT molecular complexity index is 542. The van der Waals surface area contributed by atoms with Crippen molar-refractivity contribution in [2.45, 2.75) is 23.9 Å². The molecule has 1 atom stereocenters. The van der Waals surface area contributed by atoms with Gasteiger partial charge in [-0.15, -0.1) is 0 Å². The summed E-state index contributed by atoms with van der Waals surface area (Å²) in [4.78, 5) is 15.9. The van der Waals surface area contributed by atoms with E-state index >= 15 is 0 Å². The number of ether oxygens (including phenoxy) is 1. The summed E-state index contributed by atoms with van der Waals surface area (Å²) in [5.41, 5.74) is 1.02. The number of methoxy groups -OCH3 is 1. The summed E-state index contributed by atoms with van der Waals surface area (Å²) < 4.78 is 5.08. The van der Waals surface area contributed by atoms with Crippen molar-refractivity contribution in [1.29, 1.82) is 0 Å².